The highest BCUT2D eigenvalue weighted by atomic mass is 16.5. The first kappa shape index (κ1) is 10.8. The van der Waals surface area contributed by atoms with Crippen molar-refractivity contribution in [3.8, 4) is 5.75 Å². The Bertz CT molecular complexity index is 450. The van der Waals surface area contributed by atoms with Gasteiger partial charge in [0.1, 0.15) is 11.5 Å². The van der Waals surface area contributed by atoms with Gasteiger partial charge in [-0.25, -0.2) is 0 Å². The van der Waals surface area contributed by atoms with Gasteiger partial charge in [-0.05, 0) is 54.4 Å². The SMILES string of the molecule is COc1ccc2c(c1)CC[C@H]1CCC(=O)CC21. The third kappa shape index (κ3) is 1.86. The Balaban J connectivity index is 1.97. The average Bonchev–Trinajstić information content (AvgIpc) is 2.37. The molecule has 1 saturated carbocycles. The smallest absolute Gasteiger partial charge is 0.133 e. The summed E-state index contributed by atoms with van der Waals surface area (Å²) in [6.45, 7) is 0. The highest BCUT2D eigenvalue weighted by Crippen LogP contribution is 2.44. The third-order valence-electron chi connectivity index (χ3n) is 4.34. The van der Waals surface area contributed by atoms with Crippen molar-refractivity contribution in [1.29, 1.82) is 0 Å². The summed E-state index contributed by atoms with van der Waals surface area (Å²) in [6.07, 6.45) is 5.02. The van der Waals surface area contributed by atoms with Gasteiger partial charge in [-0.2, -0.15) is 0 Å². The van der Waals surface area contributed by atoms with Gasteiger partial charge in [-0.3, -0.25) is 4.79 Å². The topological polar surface area (TPSA) is 26.3 Å². The number of ether oxygens (including phenoxy) is 1. The summed E-state index contributed by atoms with van der Waals surface area (Å²) < 4.78 is 5.27. The fourth-order valence-electron chi connectivity index (χ4n) is 3.40. The Morgan fingerprint density at radius 3 is 2.88 bits per heavy atom. The van der Waals surface area contributed by atoms with Gasteiger partial charge in [0.2, 0.25) is 0 Å². The molecule has 2 atom stereocenters. The van der Waals surface area contributed by atoms with Crippen LogP contribution in [0.15, 0.2) is 18.2 Å². The zero-order chi connectivity index (χ0) is 11.8. The number of aryl methyl sites for hydroxylation is 1. The fraction of sp³-hybridized carbons (Fsp3) is 0.533. The minimum atomic E-state index is 0.440. The van der Waals surface area contributed by atoms with Crippen molar-refractivity contribution >= 4 is 5.78 Å². The zero-order valence-electron chi connectivity index (χ0n) is 10.2. The molecule has 0 aliphatic heterocycles. The van der Waals surface area contributed by atoms with Gasteiger partial charge < -0.3 is 4.74 Å². The minimum absolute atomic E-state index is 0.440. The summed E-state index contributed by atoms with van der Waals surface area (Å²) in [4.78, 5) is 11.6. The molecule has 0 radical (unpaired) electrons. The minimum Gasteiger partial charge on any atom is -0.497 e. The first-order chi connectivity index (χ1) is 8.28. The molecule has 2 nitrogen and oxygen atoms in total. The number of methoxy groups -OCH3 is 1. The second kappa shape index (κ2) is 4.17. The summed E-state index contributed by atoms with van der Waals surface area (Å²) >= 11 is 0. The molecule has 1 unspecified atom stereocenters. The average molecular weight is 230 g/mol. The lowest BCUT2D eigenvalue weighted by Crippen LogP contribution is -2.27. The van der Waals surface area contributed by atoms with Crippen LogP contribution in [0.25, 0.3) is 0 Å². The fourth-order valence-corrected chi connectivity index (χ4v) is 3.40. The summed E-state index contributed by atoms with van der Waals surface area (Å²) in [6, 6.07) is 6.34. The number of hydrogen-bond acceptors (Lipinski definition) is 2. The van der Waals surface area contributed by atoms with Crippen LogP contribution in [0.3, 0.4) is 0 Å². The van der Waals surface area contributed by atoms with E-state index in [0.717, 1.165) is 37.4 Å². The van der Waals surface area contributed by atoms with E-state index < -0.39 is 0 Å². The number of carbonyl (C=O) groups excluding carboxylic acids is 1. The van der Waals surface area contributed by atoms with E-state index >= 15 is 0 Å². The van der Waals surface area contributed by atoms with E-state index in [-0.39, 0.29) is 0 Å². The monoisotopic (exact) mass is 230 g/mol. The van der Waals surface area contributed by atoms with E-state index in [2.05, 4.69) is 12.1 Å². The van der Waals surface area contributed by atoms with E-state index in [1.165, 1.54) is 17.5 Å². The Morgan fingerprint density at radius 1 is 1.24 bits per heavy atom. The highest BCUT2D eigenvalue weighted by Gasteiger charge is 2.34. The van der Waals surface area contributed by atoms with Crippen LogP contribution in [0, 0.1) is 5.92 Å². The standard InChI is InChI=1S/C15H18O2/c1-17-13-6-7-14-11(8-13)3-2-10-4-5-12(16)9-15(10)14/h6-8,10,15H,2-5,9H2,1H3/t10-,15?/m0/s1. The lowest BCUT2D eigenvalue weighted by atomic mass is 9.68. The Labute approximate surface area is 102 Å². The number of hydrogen-bond donors (Lipinski definition) is 0. The third-order valence-corrected chi connectivity index (χ3v) is 4.34. The maximum Gasteiger partial charge on any atom is 0.133 e. The number of fused-ring (bicyclic) bond motifs is 3. The normalized spacial score (nSPS) is 27.2. The van der Waals surface area contributed by atoms with E-state index in [1.54, 1.807) is 7.11 Å². The molecule has 2 aliphatic carbocycles. The van der Waals surface area contributed by atoms with Crippen molar-refractivity contribution < 1.29 is 9.53 Å². The molecule has 1 aromatic carbocycles. The van der Waals surface area contributed by atoms with Gasteiger partial charge in [-0.1, -0.05) is 6.07 Å². The van der Waals surface area contributed by atoms with Crippen molar-refractivity contribution in [1.82, 2.24) is 0 Å². The molecule has 0 N–H and O–H groups in total. The maximum atomic E-state index is 11.6. The van der Waals surface area contributed by atoms with Crippen molar-refractivity contribution in [3.63, 3.8) is 0 Å². The molecule has 17 heavy (non-hydrogen) atoms. The molecule has 90 valence electrons. The van der Waals surface area contributed by atoms with Gasteiger partial charge in [-0.15, -0.1) is 0 Å². The largest absolute Gasteiger partial charge is 0.497 e. The number of benzene rings is 1. The molecule has 1 fully saturated rings. The van der Waals surface area contributed by atoms with Crippen LogP contribution in [0.2, 0.25) is 0 Å². The summed E-state index contributed by atoms with van der Waals surface area (Å²) in [5, 5.41) is 0. The van der Waals surface area contributed by atoms with Gasteiger partial charge in [0.15, 0.2) is 0 Å². The second-order valence-corrected chi connectivity index (χ2v) is 5.25. The van der Waals surface area contributed by atoms with Crippen molar-refractivity contribution in [2.45, 2.75) is 38.0 Å². The number of rotatable bonds is 1. The number of carbonyl (C=O) groups is 1. The van der Waals surface area contributed by atoms with Gasteiger partial charge in [0.25, 0.3) is 0 Å². The molecule has 2 aliphatic rings. The molecule has 1 aromatic rings. The molecular weight excluding hydrogens is 212 g/mol. The molecule has 0 heterocycles. The van der Waals surface area contributed by atoms with E-state index in [4.69, 9.17) is 4.74 Å². The van der Waals surface area contributed by atoms with Crippen LogP contribution in [0.5, 0.6) is 5.75 Å². The molecule has 0 saturated heterocycles. The quantitative estimate of drug-likeness (QED) is 0.741. The van der Waals surface area contributed by atoms with Crippen LogP contribution in [0.4, 0.5) is 0 Å². The second-order valence-electron chi connectivity index (χ2n) is 5.25. The molecule has 3 rings (SSSR count). The van der Waals surface area contributed by atoms with Crippen LogP contribution in [-0.2, 0) is 11.2 Å². The molecule has 2 heteroatoms. The molecule has 0 bridgehead atoms. The Kier molecular flexibility index (Phi) is 2.65. The van der Waals surface area contributed by atoms with Crippen molar-refractivity contribution in [2.24, 2.45) is 5.92 Å². The van der Waals surface area contributed by atoms with Crippen LogP contribution in [0.1, 0.15) is 42.7 Å². The summed E-state index contributed by atoms with van der Waals surface area (Å²) in [5.74, 6) is 2.58. The number of ketones is 1. The van der Waals surface area contributed by atoms with Crippen LogP contribution < -0.4 is 4.74 Å². The Morgan fingerprint density at radius 2 is 2.06 bits per heavy atom. The van der Waals surface area contributed by atoms with E-state index in [9.17, 15) is 4.79 Å². The molecule has 0 spiro atoms. The Hall–Kier alpha value is -1.31. The predicted molar refractivity (Wildman–Crippen MR) is 66.4 cm³/mol. The predicted octanol–water partition coefficient (Wildman–Crippen LogP) is 3.09. The van der Waals surface area contributed by atoms with Gasteiger partial charge in [0.05, 0.1) is 7.11 Å². The maximum absolute atomic E-state index is 11.6. The van der Waals surface area contributed by atoms with E-state index in [1.807, 2.05) is 6.07 Å². The first-order valence-electron chi connectivity index (χ1n) is 6.46. The lowest BCUT2D eigenvalue weighted by molar-refractivity contribution is -0.121. The summed E-state index contributed by atoms with van der Waals surface area (Å²) in [7, 11) is 1.71. The molecular formula is C15H18O2. The van der Waals surface area contributed by atoms with Crippen LogP contribution in [-0.4, -0.2) is 12.9 Å². The van der Waals surface area contributed by atoms with Crippen molar-refractivity contribution in [2.75, 3.05) is 7.11 Å². The van der Waals surface area contributed by atoms with E-state index in [0.29, 0.717) is 11.7 Å². The van der Waals surface area contributed by atoms with Crippen molar-refractivity contribution in [3.05, 3.63) is 29.3 Å². The zero-order valence-corrected chi connectivity index (χ0v) is 10.2. The van der Waals surface area contributed by atoms with Gasteiger partial charge in [0, 0.05) is 12.8 Å². The van der Waals surface area contributed by atoms with Gasteiger partial charge >= 0.3 is 0 Å². The highest BCUT2D eigenvalue weighted by molar-refractivity contribution is 5.80. The molecule has 0 aromatic heterocycles. The van der Waals surface area contributed by atoms with Crippen LogP contribution >= 0.6 is 0 Å². The molecule has 0 amide bonds. The first-order valence-corrected chi connectivity index (χ1v) is 6.46. The number of Topliss-reactive ketones (excluding diaryl/α,β-unsaturated/α-hetero) is 1. The lowest BCUT2D eigenvalue weighted by Gasteiger charge is -2.36. The summed E-state index contributed by atoms with van der Waals surface area (Å²) in [5.41, 5.74) is 2.79.